The first-order chi connectivity index (χ1) is 10.3. The molecule has 1 aromatic carbocycles. The van der Waals surface area contributed by atoms with E-state index in [0.717, 1.165) is 29.8 Å². The van der Waals surface area contributed by atoms with Crippen molar-refractivity contribution in [2.24, 2.45) is 0 Å². The van der Waals surface area contributed by atoms with Crippen molar-refractivity contribution in [3.8, 4) is 17.1 Å². The van der Waals surface area contributed by atoms with Crippen molar-refractivity contribution in [1.82, 2.24) is 9.97 Å². The summed E-state index contributed by atoms with van der Waals surface area (Å²) in [5.41, 5.74) is 1.73. The molecule has 0 amide bonds. The van der Waals surface area contributed by atoms with E-state index in [1.54, 1.807) is 6.07 Å². The maximum Gasteiger partial charge on any atom is 0.251 e. The molecule has 0 radical (unpaired) electrons. The highest BCUT2D eigenvalue weighted by atomic mass is 16.5. The Morgan fingerprint density at radius 1 is 1.29 bits per heavy atom. The molecule has 1 saturated carbocycles. The molecule has 4 nitrogen and oxygen atoms in total. The van der Waals surface area contributed by atoms with Crippen molar-refractivity contribution < 1.29 is 4.74 Å². The van der Waals surface area contributed by atoms with E-state index in [2.05, 4.69) is 9.97 Å². The van der Waals surface area contributed by atoms with Crippen LogP contribution in [0.1, 0.15) is 44.2 Å². The molecule has 0 bridgehead atoms. The van der Waals surface area contributed by atoms with Crippen molar-refractivity contribution in [3.63, 3.8) is 0 Å². The Hall–Kier alpha value is -2.10. The van der Waals surface area contributed by atoms with Gasteiger partial charge in [-0.05, 0) is 31.9 Å². The second-order valence-electron chi connectivity index (χ2n) is 5.46. The van der Waals surface area contributed by atoms with E-state index in [1.165, 1.54) is 12.8 Å². The summed E-state index contributed by atoms with van der Waals surface area (Å²) in [6, 6.07) is 9.33. The predicted octanol–water partition coefficient (Wildman–Crippen LogP) is 3.49. The highest BCUT2D eigenvalue weighted by Gasteiger charge is 2.19. The third-order valence-electron chi connectivity index (χ3n) is 3.95. The van der Waals surface area contributed by atoms with Crippen LogP contribution < -0.4 is 10.3 Å². The van der Waals surface area contributed by atoms with Crippen molar-refractivity contribution in [2.75, 3.05) is 6.61 Å². The van der Waals surface area contributed by atoms with E-state index in [0.29, 0.717) is 18.3 Å². The van der Waals surface area contributed by atoms with Crippen molar-refractivity contribution in [3.05, 3.63) is 46.4 Å². The molecule has 2 aromatic rings. The number of aromatic nitrogens is 2. The van der Waals surface area contributed by atoms with Crippen LogP contribution in [0.2, 0.25) is 0 Å². The van der Waals surface area contributed by atoms with E-state index in [1.807, 2.05) is 31.2 Å². The van der Waals surface area contributed by atoms with Gasteiger partial charge >= 0.3 is 0 Å². The standard InChI is InChI=1S/C17H20N2O2/c1-2-21-14-9-5-8-13(10-14)17-18-15(11-16(20)19-17)12-6-3-4-7-12/h5,8-12H,2-4,6-7H2,1H3,(H,18,19,20). The molecule has 0 spiro atoms. The molecule has 4 heteroatoms. The van der Waals surface area contributed by atoms with Crippen LogP contribution in [0, 0.1) is 0 Å². The summed E-state index contributed by atoms with van der Waals surface area (Å²) in [7, 11) is 0. The van der Waals surface area contributed by atoms with Crippen LogP contribution in [0.4, 0.5) is 0 Å². The Balaban J connectivity index is 1.97. The normalized spacial score (nSPS) is 15.3. The third kappa shape index (κ3) is 3.15. The zero-order valence-electron chi connectivity index (χ0n) is 12.3. The minimum absolute atomic E-state index is 0.0799. The second-order valence-corrected chi connectivity index (χ2v) is 5.46. The average molecular weight is 284 g/mol. The van der Waals surface area contributed by atoms with E-state index in [4.69, 9.17) is 4.74 Å². The highest BCUT2D eigenvalue weighted by Crippen LogP contribution is 2.33. The van der Waals surface area contributed by atoms with Crippen LogP contribution in [-0.4, -0.2) is 16.6 Å². The predicted molar refractivity (Wildman–Crippen MR) is 82.7 cm³/mol. The van der Waals surface area contributed by atoms with Crippen LogP contribution in [0.25, 0.3) is 11.4 Å². The molecule has 1 heterocycles. The molecule has 1 aromatic heterocycles. The molecule has 0 atom stereocenters. The van der Waals surface area contributed by atoms with Crippen LogP contribution in [0.5, 0.6) is 5.75 Å². The van der Waals surface area contributed by atoms with Crippen LogP contribution in [0.15, 0.2) is 35.1 Å². The minimum Gasteiger partial charge on any atom is -0.494 e. The lowest BCUT2D eigenvalue weighted by Crippen LogP contribution is -2.12. The summed E-state index contributed by atoms with van der Waals surface area (Å²) < 4.78 is 5.51. The van der Waals surface area contributed by atoms with E-state index in [9.17, 15) is 4.79 Å². The summed E-state index contributed by atoms with van der Waals surface area (Å²) >= 11 is 0. The molecule has 1 N–H and O–H groups in total. The van der Waals surface area contributed by atoms with Gasteiger partial charge in [0.1, 0.15) is 11.6 Å². The van der Waals surface area contributed by atoms with Crippen molar-refractivity contribution in [1.29, 1.82) is 0 Å². The Bertz CT molecular complexity index is 672. The van der Waals surface area contributed by atoms with Gasteiger partial charge in [-0.2, -0.15) is 0 Å². The third-order valence-corrected chi connectivity index (χ3v) is 3.95. The smallest absolute Gasteiger partial charge is 0.251 e. The Morgan fingerprint density at radius 3 is 2.86 bits per heavy atom. The molecule has 3 rings (SSSR count). The van der Waals surface area contributed by atoms with Gasteiger partial charge in [-0.15, -0.1) is 0 Å². The maximum absolute atomic E-state index is 11.9. The van der Waals surface area contributed by atoms with Crippen molar-refractivity contribution >= 4 is 0 Å². The SMILES string of the molecule is CCOc1cccc(-c2nc(C3CCCC3)cc(=O)[nH]2)c1. The Morgan fingerprint density at radius 2 is 2.10 bits per heavy atom. The van der Waals surface area contributed by atoms with Crippen molar-refractivity contribution in [2.45, 2.75) is 38.5 Å². The number of H-pyrrole nitrogens is 1. The van der Waals surface area contributed by atoms with E-state index < -0.39 is 0 Å². The Kier molecular flexibility index (Phi) is 4.04. The van der Waals surface area contributed by atoms with Gasteiger partial charge in [0.15, 0.2) is 0 Å². The topological polar surface area (TPSA) is 55.0 Å². The first-order valence-corrected chi connectivity index (χ1v) is 7.61. The number of hydrogen-bond donors (Lipinski definition) is 1. The quantitative estimate of drug-likeness (QED) is 0.935. The number of ether oxygens (including phenoxy) is 1. The highest BCUT2D eigenvalue weighted by molar-refractivity contribution is 5.57. The molecule has 0 unspecified atom stereocenters. The summed E-state index contributed by atoms with van der Waals surface area (Å²) in [5.74, 6) is 1.86. The summed E-state index contributed by atoms with van der Waals surface area (Å²) in [6.07, 6.45) is 4.73. The zero-order valence-corrected chi connectivity index (χ0v) is 12.3. The molecule has 1 fully saturated rings. The van der Waals surface area contributed by atoms with Gasteiger partial charge in [0, 0.05) is 17.5 Å². The Labute approximate surface area is 124 Å². The fourth-order valence-electron chi connectivity index (χ4n) is 2.94. The number of aromatic amines is 1. The molecule has 0 aliphatic heterocycles. The fourth-order valence-corrected chi connectivity index (χ4v) is 2.94. The molecule has 1 aliphatic rings. The largest absolute Gasteiger partial charge is 0.494 e. The molecule has 1 aliphatic carbocycles. The van der Waals surface area contributed by atoms with Gasteiger partial charge in [0.2, 0.25) is 0 Å². The molecular formula is C17H20N2O2. The van der Waals surface area contributed by atoms with Gasteiger partial charge < -0.3 is 9.72 Å². The van der Waals surface area contributed by atoms with E-state index in [-0.39, 0.29) is 5.56 Å². The molecule has 21 heavy (non-hydrogen) atoms. The minimum atomic E-state index is -0.0799. The fraction of sp³-hybridized carbons (Fsp3) is 0.412. The first-order valence-electron chi connectivity index (χ1n) is 7.61. The second kappa shape index (κ2) is 6.12. The summed E-state index contributed by atoms with van der Waals surface area (Å²) in [6.45, 7) is 2.57. The van der Waals surface area contributed by atoms with Crippen LogP contribution >= 0.6 is 0 Å². The van der Waals surface area contributed by atoms with Crippen LogP contribution in [0.3, 0.4) is 0 Å². The molecular weight excluding hydrogens is 264 g/mol. The van der Waals surface area contributed by atoms with Gasteiger partial charge in [-0.3, -0.25) is 4.79 Å². The average Bonchev–Trinajstić information content (AvgIpc) is 3.01. The number of rotatable bonds is 4. The first kappa shape index (κ1) is 13.9. The van der Waals surface area contributed by atoms with E-state index >= 15 is 0 Å². The van der Waals surface area contributed by atoms with Gasteiger partial charge in [0.25, 0.3) is 5.56 Å². The van der Waals surface area contributed by atoms with Gasteiger partial charge in [-0.1, -0.05) is 25.0 Å². The lowest BCUT2D eigenvalue weighted by molar-refractivity contribution is 0.340. The lowest BCUT2D eigenvalue weighted by Gasteiger charge is -2.10. The monoisotopic (exact) mass is 284 g/mol. The molecule has 110 valence electrons. The number of nitrogens with one attached hydrogen (secondary N) is 1. The number of benzene rings is 1. The number of hydrogen-bond acceptors (Lipinski definition) is 3. The zero-order chi connectivity index (χ0) is 14.7. The summed E-state index contributed by atoms with van der Waals surface area (Å²) in [5, 5.41) is 0. The summed E-state index contributed by atoms with van der Waals surface area (Å²) in [4.78, 5) is 19.4. The lowest BCUT2D eigenvalue weighted by atomic mass is 10.0. The maximum atomic E-state index is 11.9. The number of nitrogens with zero attached hydrogens (tertiary/aromatic N) is 1. The molecule has 0 saturated heterocycles. The van der Waals surface area contributed by atoms with Gasteiger partial charge in [0.05, 0.1) is 12.3 Å². The van der Waals surface area contributed by atoms with Gasteiger partial charge in [-0.25, -0.2) is 4.98 Å². The van der Waals surface area contributed by atoms with Crippen LogP contribution in [-0.2, 0) is 0 Å².